The van der Waals surface area contributed by atoms with Crippen LogP contribution in [-0.4, -0.2) is 19.6 Å². The molecule has 0 aliphatic heterocycles. The number of anilines is 1. The summed E-state index contributed by atoms with van der Waals surface area (Å²) in [6.45, 7) is 3.68. The number of halogens is 3. The van der Waals surface area contributed by atoms with Crippen LogP contribution in [-0.2, 0) is 13.6 Å². The lowest BCUT2D eigenvalue weighted by atomic mass is 10.2. The largest absolute Gasteiger partial charge is 0.573 e. The molecule has 0 aliphatic carbocycles. The average molecular weight is 403 g/mol. The molecule has 0 saturated heterocycles. The molecular weight excluding hydrogens is 382 g/mol. The van der Waals surface area contributed by atoms with Gasteiger partial charge in [-0.2, -0.15) is 0 Å². The molecule has 0 aliphatic rings. The second-order valence-electron chi connectivity index (χ2n) is 5.41. The molecule has 5 nitrogen and oxygen atoms in total. The van der Waals surface area contributed by atoms with Gasteiger partial charge in [0.05, 0.1) is 13.2 Å². The minimum atomic E-state index is -4.80. The molecule has 0 radical (unpaired) electrons. The van der Waals surface area contributed by atoms with Crippen molar-refractivity contribution in [1.29, 1.82) is 0 Å². The molecule has 0 saturated carbocycles. The molecule has 0 aromatic heterocycles. The average Bonchev–Trinajstić information content (AvgIpc) is 2.59. The van der Waals surface area contributed by atoms with Gasteiger partial charge in [-0.1, -0.05) is 36.4 Å². The lowest BCUT2D eigenvalue weighted by Crippen LogP contribution is -2.18. The predicted molar refractivity (Wildman–Crippen MR) is 96.8 cm³/mol. The van der Waals surface area contributed by atoms with Crippen molar-refractivity contribution >= 4 is 13.3 Å². The molecule has 148 valence electrons. The first-order valence-corrected chi connectivity index (χ1v) is 9.94. The number of rotatable bonds is 9. The Morgan fingerprint density at radius 2 is 1.63 bits per heavy atom. The van der Waals surface area contributed by atoms with Crippen molar-refractivity contribution < 1.29 is 31.5 Å². The van der Waals surface area contributed by atoms with Gasteiger partial charge in [0.25, 0.3) is 0 Å². The summed E-state index contributed by atoms with van der Waals surface area (Å²) in [5.41, 5.74) is 0.898. The highest BCUT2D eigenvalue weighted by Crippen LogP contribution is 2.60. The summed E-state index contributed by atoms with van der Waals surface area (Å²) in [4.78, 5) is 0. The van der Waals surface area contributed by atoms with Crippen molar-refractivity contribution in [3.8, 4) is 5.75 Å². The number of nitrogens with one attached hydrogen (secondary N) is 1. The van der Waals surface area contributed by atoms with Gasteiger partial charge in [0, 0.05) is 11.8 Å². The van der Waals surface area contributed by atoms with Crippen LogP contribution in [0.1, 0.15) is 25.2 Å². The third-order valence-corrected chi connectivity index (χ3v) is 5.72. The van der Waals surface area contributed by atoms with Crippen LogP contribution in [0.4, 0.5) is 18.9 Å². The molecule has 0 bridgehead atoms. The second kappa shape index (κ2) is 9.26. The van der Waals surface area contributed by atoms with Gasteiger partial charge in [-0.25, -0.2) is 0 Å². The van der Waals surface area contributed by atoms with E-state index in [2.05, 4.69) is 10.1 Å². The van der Waals surface area contributed by atoms with E-state index in [0.29, 0.717) is 5.56 Å². The third-order valence-electron chi connectivity index (χ3n) is 3.42. The standard InChI is InChI=1S/C18H21F3NO4P/c1-3-24-27(23,25-4-2)17(14-9-6-5-7-10-14)22-15-11-8-12-16(13-15)26-18(19,20)21/h5-13,17,22H,3-4H2,1-2H3. The Balaban J connectivity index is 2.38. The monoisotopic (exact) mass is 403 g/mol. The van der Waals surface area contributed by atoms with Gasteiger partial charge in [-0.3, -0.25) is 4.57 Å². The highest BCUT2D eigenvalue weighted by Gasteiger charge is 2.37. The van der Waals surface area contributed by atoms with E-state index in [9.17, 15) is 17.7 Å². The summed E-state index contributed by atoms with van der Waals surface area (Å²) >= 11 is 0. The van der Waals surface area contributed by atoms with Crippen LogP contribution >= 0.6 is 7.60 Å². The molecule has 0 fully saturated rings. The van der Waals surface area contributed by atoms with E-state index >= 15 is 0 Å². The minimum Gasteiger partial charge on any atom is -0.406 e. The van der Waals surface area contributed by atoms with Gasteiger partial charge >= 0.3 is 14.0 Å². The van der Waals surface area contributed by atoms with Gasteiger partial charge in [0.15, 0.2) is 5.78 Å². The zero-order valence-corrected chi connectivity index (χ0v) is 15.8. The van der Waals surface area contributed by atoms with Crippen molar-refractivity contribution in [3.05, 3.63) is 60.2 Å². The summed E-state index contributed by atoms with van der Waals surface area (Å²) in [5.74, 6) is -1.29. The van der Waals surface area contributed by atoms with Crippen LogP contribution in [0, 0.1) is 0 Å². The first-order valence-electron chi connectivity index (χ1n) is 8.33. The maximum Gasteiger partial charge on any atom is 0.573 e. The van der Waals surface area contributed by atoms with E-state index in [1.807, 2.05) is 0 Å². The number of hydrogen-bond donors (Lipinski definition) is 1. The number of ether oxygens (including phenoxy) is 1. The molecule has 1 unspecified atom stereocenters. The van der Waals surface area contributed by atoms with Crippen LogP contribution in [0.15, 0.2) is 54.6 Å². The first kappa shape index (κ1) is 21.3. The van der Waals surface area contributed by atoms with Gasteiger partial charge in [-0.15, -0.1) is 13.2 Å². The molecule has 2 aromatic rings. The lowest BCUT2D eigenvalue weighted by molar-refractivity contribution is -0.274. The van der Waals surface area contributed by atoms with Crippen molar-refractivity contribution in [2.75, 3.05) is 18.5 Å². The lowest BCUT2D eigenvalue weighted by Gasteiger charge is -2.28. The fraction of sp³-hybridized carbons (Fsp3) is 0.333. The molecule has 1 atom stereocenters. The third kappa shape index (κ3) is 6.27. The van der Waals surface area contributed by atoms with Gasteiger partial charge in [-0.05, 0) is 31.5 Å². The first-order chi connectivity index (χ1) is 12.8. The van der Waals surface area contributed by atoms with E-state index in [1.54, 1.807) is 50.2 Å². The van der Waals surface area contributed by atoms with Crippen LogP contribution in [0.25, 0.3) is 0 Å². The molecule has 9 heteroatoms. The van der Waals surface area contributed by atoms with E-state index in [-0.39, 0.29) is 24.7 Å². The SMILES string of the molecule is CCOP(=O)(OCC)C(Nc1cccc(OC(F)(F)F)c1)c1ccccc1. The quantitative estimate of drug-likeness (QED) is 0.524. The molecule has 0 spiro atoms. The second-order valence-corrected chi connectivity index (χ2v) is 7.52. The van der Waals surface area contributed by atoms with Crippen molar-refractivity contribution in [2.24, 2.45) is 0 Å². The van der Waals surface area contributed by atoms with E-state index in [4.69, 9.17) is 9.05 Å². The highest BCUT2D eigenvalue weighted by atomic mass is 31.2. The number of alkyl halides is 3. The van der Waals surface area contributed by atoms with Crippen molar-refractivity contribution in [1.82, 2.24) is 0 Å². The zero-order chi connectivity index (χ0) is 19.9. The Morgan fingerprint density at radius 3 is 2.19 bits per heavy atom. The van der Waals surface area contributed by atoms with Crippen molar-refractivity contribution in [2.45, 2.75) is 26.0 Å². The van der Waals surface area contributed by atoms with E-state index in [1.165, 1.54) is 18.2 Å². The molecule has 0 amide bonds. The highest BCUT2D eigenvalue weighted by molar-refractivity contribution is 7.54. The minimum absolute atomic E-state index is 0.152. The summed E-state index contributed by atoms with van der Waals surface area (Å²) in [5, 5.41) is 2.97. The molecule has 27 heavy (non-hydrogen) atoms. The Bertz CT molecular complexity index is 761. The molecule has 2 aromatic carbocycles. The Morgan fingerprint density at radius 1 is 1.00 bits per heavy atom. The van der Waals surface area contributed by atoms with Crippen LogP contribution in [0.3, 0.4) is 0 Å². The van der Waals surface area contributed by atoms with Crippen LogP contribution in [0.2, 0.25) is 0 Å². The van der Waals surface area contributed by atoms with E-state index in [0.717, 1.165) is 0 Å². The molecule has 0 heterocycles. The summed E-state index contributed by atoms with van der Waals surface area (Å²) in [6.07, 6.45) is -4.80. The molecule has 1 N–H and O–H groups in total. The van der Waals surface area contributed by atoms with Crippen molar-refractivity contribution in [3.63, 3.8) is 0 Å². The van der Waals surface area contributed by atoms with Crippen LogP contribution in [0.5, 0.6) is 5.75 Å². The smallest absolute Gasteiger partial charge is 0.406 e. The van der Waals surface area contributed by atoms with Gasteiger partial charge < -0.3 is 19.1 Å². The summed E-state index contributed by atoms with van der Waals surface area (Å²) in [7, 11) is -3.65. The number of hydrogen-bond acceptors (Lipinski definition) is 5. The fourth-order valence-electron chi connectivity index (χ4n) is 2.47. The van der Waals surface area contributed by atoms with E-state index < -0.39 is 19.7 Å². The number of benzene rings is 2. The summed E-state index contributed by atoms with van der Waals surface area (Å²) in [6, 6.07) is 14.1. The Kier molecular flexibility index (Phi) is 7.30. The normalized spacial score (nSPS) is 13.2. The van der Waals surface area contributed by atoms with Gasteiger partial charge in [0.2, 0.25) is 0 Å². The zero-order valence-electron chi connectivity index (χ0n) is 14.9. The maximum absolute atomic E-state index is 13.3. The van der Waals surface area contributed by atoms with Gasteiger partial charge in [0.1, 0.15) is 5.75 Å². The Hall–Kier alpha value is -2.02. The molecule has 2 rings (SSSR count). The summed E-state index contributed by atoms with van der Waals surface area (Å²) < 4.78 is 65.5. The topological polar surface area (TPSA) is 56.8 Å². The molecular formula is C18H21F3NO4P. The maximum atomic E-state index is 13.3. The predicted octanol–water partition coefficient (Wildman–Crippen LogP) is 5.96. The van der Waals surface area contributed by atoms with Crippen LogP contribution < -0.4 is 10.1 Å². The Labute approximate surface area is 156 Å². The fourth-order valence-corrected chi connectivity index (χ4v) is 4.40.